The summed E-state index contributed by atoms with van der Waals surface area (Å²) in [5.74, 6) is -1.45. The number of phosphoric acid groups is 3. The number of aryl methyl sites for hydroxylation is 1. The number of methoxy groups -OCH3 is 3. The molecule has 9 heterocycles. The molecule has 422 valence electrons. The Balaban J connectivity index is 0.892. The van der Waals surface area contributed by atoms with E-state index in [2.05, 4.69) is 48.5 Å². The van der Waals surface area contributed by atoms with Gasteiger partial charge in [0.2, 0.25) is 24.5 Å². The van der Waals surface area contributed by atoms with Crippen molar-refractivity contribution < 1.29 is 103 Å². The molecule has 0 bridgehead atoms. The Hall–Kier alpha value is -5.11. The average Bonchev–Trinajstić information content (AvgIpc) is 4.26. The van der Waals surface area contributed by atoms with Crippen LogP contribution in [0.4, 0.5) is 17.7 Å². The summed E-state index contributed by atoms with van der Waals surface area (Å²) >= 11 is 0. The van der Waals surface area contributed by atoms with Gasteiger partial charge >= 0.3 is 29.0 Å². The van der Waals surface area contributed by atoms with Crippen LogP contribution in [-0.2, 0) is 75.9 Å². The number of nitrogen functional groups attached to an aromatic ring is 3. The fourth-order valence-electron chi connectivity index (χ4n) is 9.23. The molecule has 38 nitrogen and oxygen atoms in total. The number of aromatic amines is 2. The molecule has 6 aromatic heterocycles. The minimum Gasteiger partial charge on any atom is -0.778 e. The number of H-pyrrole nitrogens is 2. The molecule has 0 saturated carbocycles. The third-order valence-electron chi connectivity index (χ3n) is 12.5. The number of hydrogen-bond acceptors (Lipinski definition) is 29. The lowest BCUT2D eigenvalue weighted by molar-refractivity contribution is -0.646. The molecule has 3 saturated heterocycles. The molecule has 5 unspecified atom stereocenters. The topological polar surface area (TPSA) is 534 Å². The van der Waals surface area contributed by atoms with Crippen LogP contribution in [0.15, 0.2) is 34.9 Å². The van der Waals surface area contributed by atoms with Gasteiger partial charge in [0.25, 0.3) is 16.7 Å². The number of rotatable bonds is 21. The van der Waals surface area contributed by atoms with Gasteiger partial charge in [0.15, 0.2) is 35.1 Å². The van der Waals surface area contributed by atoms with Gasteiger partial charge in [0.1, 0.15) is 50.0 Å². The molecule has 0 aromatic carbocycles. The van der Waals surface area contributed by atoms with Gasteiger partial charge in [-0.2, -0.15) is 23.2 Å². The summed E-state index contributed by atoms with van der Waals surface area (Å²) in [7, 11) is -18.2. The van der Waals surface area contributed by atoms with Gasteiger partial charge in [-0.15, -0.1) is 0 Å². The number of fused-ring (bicyclic) bond motifs is 3. The first kappa shape index (κ1) is 56.6. The van der Waals surface area contributed by atoms with Crippen molar-refractivity contribution in [3.05, 3.63) is 46.0 Å². The van der Waals surface area contributed by atoms with E-state index in [0.29, 0.717) is 0 Å². The zero-order valence-electron chi connectivity index (χ0n) is 40.1. The van der Waals surface area contributed by atoms with E-state index in [9.17, 15) is 57.6 Å². The fraction of sp³-hybridized carbons (Fsp3) is 0.571. The van der Waals surface area contributed by atoms with Gasteiger partial charge in [-0.05, 0) is 0 Å². The number of hydrogen-bond donors (Lipinski definition) is 10. The van der Waals surface area contributed by atoms with Crippen molar-refractivity contribution in [2.45, 2.75) is 67.1 Å². The zero-order valence-corrected chi connectivity index (χ0v) is 43.7. The molecule has 0 radical (unpaired) electrons. The molecule has 0 spiro atoms. The molecule has 3 fully saturated rings. The summed E-state index contributed by atoms with van der Waals surface area (Å²) in [6, 6.07) is 0. The van der Waals surface area contributed by atoms with Crippen LogP contribution in [0.1, 0.15) is 18.7 Å². The van der Waals surface area contributed by atoms with Crippen molar-refractivity contribution in [1.82, 2.24) is 53.6 Å². The van der Waals surface area contributed by atoms with Crippen LogP contribution in [-0.4, -0.2) is 175 Å². The third kappa shape index (κ3) is 11.1. The number of aromatic nitrogens is 12. The summed E-state index contributed by atoms with van der Waals surface area (Å²) < 4.78 is 118. The minimum absolute atomic E-state index is 0.0130. The number of aliphatic hydroxyl groups excluding tert-OH is 2. The Bertz CT molecular complexity index is 3510. The van der Waals surface area contributed by atoms with E-state index < -0.39 is 135 Å². The highest BCUT2D eigenvalue weighted by molar-refractivity contribution is 7.66. The first-order valence-corrected chi connectivity index (χ1v) is 28.3. The van der Waals surface area contributed by atoms with E-state index in [-0.39, 0.29) is 57.8 Å². The third-order valence-corrected chi connectivity index (χ3v) is 18.6. The number of ether oxygens (including phenoxy) is 6. The second kappa shape index (κ2) is 21.5. The normalized spacial score (nSPS) is 30.0. The summed E-state index contributed by atoms with van der Waals surface area (Å²) in [5, 5.41) is 21.9. The molecule has 77 heavy (non-hydrogen) atoms. The van der Waals surface area contributed by atoms with E-state index >= 15 is 0 Å². The number of imidazole rings is 3. The fourth-order valence-corrected chi connectivity index (χ4v) is 14.5. The number of nitrogens with two attached hydrogens (primary N) is 3. The van der Waals surface area contributed by atoms with Crippen LogP contribution in [0.25, 0.3) is 33.5 Å². The van der Waals surface area contributed by atoms with Gasteiger partial charge in [-0.25, -0.2) is 38.2 Å². The predicted octanol–water partition coefficient (Wildman–Crippen LogP) is -3.72. The van der Waals surface area contributed by atoms with Crippen molar-refractivity contribution in [3.8, 4) is 0 Å². The first-order chi connectivity index (χ1) is 36.3. The molecule has 9 rings (SSSR count). The van der Waals surface area contributed by atoms with Gasteiger partial charge in [-0.1, -0.05) is 0 Å². The van der Waals surface area contributed by atoms with E-state index in [1.807, 2.05) is 0 Å². The molecule has 42 heteroatoms. The summed E-state index contributed by atoms with van der Waals surface area (Å²) in [4.78, 5) is 100. The van der Waals surface area contributed by atoms with Crippen LogP contribution < -0.4 is 37.8 Å². The Morgan fingerprint density at radius 3 is 1.88 bits per heavy atom. The van der Waals surface area contributed by atoms with Crippen LogP contribution in [0.5, 0.6) is 0 Å². The number of nitrogens with zero attached hydrogens (tertiary/aromatic N) is 10. The Morgan fingerprint density at radius 2 is 1.23 bits per heavy atom. The minimum atomic E-state index is -6.19. The van der Waals surface area contributed by atoms with Crippen molar-refractivity contribution in [2.24, 2.45) is 13.0 Å². The summed E-state index contributed by atoms with van der Waals surface area (Å²) in [6.45, 7) is -3.33. The highest BCUT2D eigenvalue weighted by atomic mass is 31.3. The van der Waals surface area contributed by atoms with Crippen LogP contribution in [0, 0.1) is 5.92 Å². The predicted molar refractivity (Wildman–Crippen MR) is 250 cm³/mol. The lowest BCUT2D eigenvalue weighted by Crippen LogP contribution is -2.40. The number of anilines is 3. The number of aliphatic hydroxyl groups is 2. The quantitative estimate of drug-likeness (QED) is 0.0245. The first-order valence-electron chi connectivity index (χ1n) is 22.2. The second-order valence-electron chi connectivity index (χ2n) is 17.3. The molecule has 0 aliphatic carbocycles. The Kier molecular flexibility index (Phi) is 15.8. The average molecular weight is 1170 g/mol. The monoisotopic (exact) mass is 1170 g/mol. The van der Waals surface area contributed by atoms with Gasteiger partial charge in [0.05, 0.1) is 64.0 Å². The lowest BCUT2D eigenvalue weighted by Gasteiger charge is -2.35. The van der Waals surface area contributed by atoms with Crippen molar-refractivity contribution in [1.29, 1.82) is 0 Å². The number of nitrogens with one attached hydrogen (secondary N) is 2. The van der Waals surface area contributed by atoms with Crippen molar-refractivity contribution in [2.75, 3.05) is 65.0 Å². The van der Waals surface area contributed by atoms with E-state index in [0.717, 1.165) is 30.7 Å². The van der Waals surface area contributed by atoms with Crippen LogP contribution in [0.3, 0.4) is 0 Å². The van der Waals surface area contributed by atoms with Crippen LogP contribution >= 0.6 is 31.1 Å². The van der Waals surface area contributed by atoms with Gasteiger partial charge in [0, 0.05) is 27.2 Å². The lowest BCUT2D eigenvalue weighted by atomic mass is 9.99. The Morgan fingerprint density at radius 1 is 0.675 bits per heavy atom. The molecule has 0 amide bonds. The second-order valence-corrected chi connectivity index (χ2v) is 23.9. The maximum Gasteiger partial charge on any atom is 0.490 e. The van der Waals surface area contributed by atoms with Crippen LogP contribution in [0.2, 0.25) is 0 Å². The smallest absolute Gasteiger partial charge is 0.490 e. The van der Waals surface area contributed by atoms with E-state index in [4.69, 9.17) is 59.2 Å². The van der Waals surface area contributed by atoms with E-state index in [1.165, 1.54) is 34.2 Å². The standard InChI is InChI=1S/C35H49N15O23P4/c1-47-12-50(28-19(47)30(54)46-35(38)44-28)32-22(64-3)13(5-63-2)14(69-32)6-67-75(57,58)72-77(61,62)73-76(59,60)68-8-16-24(23(65-4)33(71-16)48-10-41-17-25(36)39-9-40-26(17)48)74(55,56)66-7-15-20(51)21(52)31(70-15)49-11-42-18-27(49)43-34(37)45-29(18)53/h9-16,20-24,31-33,51-52H,5-8H2,1-4H3,(H11-,36,37,38,39,40,43,44,45,46,53,54,55,56,57,58,59,60,61,62)/t13-,14-,15?,16-,20-,21-,22-,23-,24-,31-,32-,33-/m1/s1. The molecule has 13 N–H and O–H groups in total. The van der Waals surface area contributed by atoms with Gasteiger partial charge in [-0.3, -0.25) is 37.7 Å². The molecule has 16 atom stereocenters. The maximum atomic E-state index is 14.3. The molecule has 6 aromatic rings. The van der Waals surface area contributed by atoms with Crippen molar-refractivity contribution >= 4 is 82.3 Å². The highest BCUT2D eigenvalue weighted by Crippen LogP contribution is 2.68. The summed E-state index contributed by atoms with van der Waals surface area (Å²) in [6.07, 6.45) is -10.5. The van der Waals surface area contributed by atoms with Crippen molar-refractivity contribution in [3.63, 3.8) is 0 Å². The largest absolute Gasteiger partial charge is 0.778 e. The molecule has 3 aliphatic rings. The zero-order chi connectivity index (χ0) is 55.7. The maximum absolute atomic E-state index is 14.3. The SMILES string of the molecule is COC[C@H]1[C@@H](OC)[C@H](n2c[n+](C)c3c(=O)[nH]c(N)nc32)O[C@@H]1COP(=O)(O)OP(=O)(O)OP(=O)(O)OC[C@H]1O[C@@H](n2cnc3c(N)ncnc32)[C@H](OC)[C@@H]1P(=O)([O-])OCC1O[C@@H](n2cnc3c(=O)[nH]c(N)nc32)[C@H](O)[C@@H]1O. The Labute approximate surface area is 429 Å². The summed E-state index contributed by atoms with van der Waals surface area (Å²) in [5.41, 5.74) is 13.9. The highest BCUT2D eigenvalue weighted by Gasteiger charge is 2.55. The van der Waals surface area contributed by atoms with E-state index in [1.54, 1.807) is 7.05 Å². The molecular formula is C35H49N15O23P4. The van der Waals surface area contributed by atoms with Gasteiger partial charge < -0.3 is 84.5 Å². The molecule has 3 aliphatic heterocycles. The number of phosphoric ester groups is 2. The molecular weight excluding hydrogens is 1120 g/mol.